The second kappa shape index (κ2) is 7.41. The Morgan fingerprint density at radius 1 is 1.15 bits per heavy atom. The zero-order valence-electron chi connectivity index (χ0n) is 14.5. The molecule has 1 saturated carbocycles. The fourth-order valence-electron chi connectivity index (χ4n) is 3.07. The lowest BCUT2D eigenvalue weighted by Crippen LogP contribution is -2.42. The summed E-state index contributed by atoms with van der Waals surface area (Å²) in [5.74, 6) is -0.708. The second-order valence-electron chi connectivity index (χ2n) is 6.73. The molecule has 7 nitrogen and oxygen atoms in total. The highest BCUT2D eigenvalue weighted by Gasteiger charge is 2.41. The highest BCUT2D eigenvalue weighted by atomic mass is 32.2. The maximum atomic E-state index is 13.7. The minimum Gasteiger partial charge on any atom is -0.494 e. The van der Waals surface area contributed by atoms with Crippen LogP contribution in [0.1, 0.15) is 25.7 Å². The van der Waals surface area contributed by atoms with Crippen molar-refractivity contribution in [3.05, 3.63) is 24.0 Å². The molecule has 26 heavy (non-hydrogen) atoms. The molecule has 2 fully saturated rings. The number of hydrogen-bond acceptors (Lipinski definition) is 5. The van der Waals surface area contributed by atoms with Crippen LogP contribution in [-0.4, -0.2) is 53.1 Å². The van der Waals surface area contributed by atoms with Crippen molar-refractivity contribution in [2.45, 2.75) is 35.8 Å². The summed E-state index contributed by atoms with van der Waals surface area (Å²) in [7, 11) is -5.69. The van der Waals surface area contributed by atoms with E-state index >= 15 is 0 Å². The first-order valence-electron chi connectivity index (χ1n) is 8.56. The van der Waals surface area contributed by atoms with Gasteiger partial charge in [-0.05, 0) is 49.8 Å². The van der Waals surface area contributed by atoms with Crippen LogP contribution in [-0.2, 0) is 20.0 Å². The van der Waals surface area contributed by atoms with Crippen LogP contribution in [0.15, 0.2) is 23.1 Å². The van der Waals surface area contributed by atoms with Crippen molar-refractivity contribution >= 4 is 20.0 Å². The van der Waals surface area contributed by atoms with Crippen molar-refractivity contribution in [2.75, 3.05) is 26.7 Å². The van der Waals surface area contributed by atoms with Crippen molar-refractivity contribution in [1.82, 2.24) is 9.03 Å². The second-order valence-corrected chi connectivity index (χ2v) is 10.7. The topological polar surface area (TPSA) is 92.8 Å². The van der Waals surface area contributed by atoms with E-state index in [0.717, 1.165) is 18.9 Å². The number of benzene rings is 1. The number of sulfonamides is 2. The van der Waals surface area contributed by atoms with E-state index in [4.69, 9.17) is 4.74 Å². The monoisotopic (exact) mass is 406 g/mol. The van der Waals surface area contributed by atoms with Crippen LogP contribution in [0.3, 0.4) is 0 Å². The molecule has 0 spiro atoms. The molecule has 146 valence electrons. The predicted molar refractivity (Wildman–Crippen MR) is 94.4 cm³/mol. The molecule has 1 heterocycles. The van der Waals surface area contributed by atoms with E-state index < -0.39 is 25.9 Å². The summed E-state index contributed by atoms with van der Waals surface area (Å²) in [4.78, 5) is -0.162. The third-order valence-electron chi connectivity index (χ3n) is 4.87. The Labute approximate surface area is 153 Å². The SMILES string of the molecule is COc1ccc(S(=O)(=O)NCC2CCN(S(=O)(=O)C3CC3)CC2)cc1F. The molecule has 1 aromatic rings. The van der Waals surface area contributed by atoms with E-state index in [1.165, 1.54) is 23.5 Å². The molecule has 10 heteroatoms. The van der Waals surface area contributed by atoms with E-state index in [1.807, 2.05) is 0 Å². The molecule has 0 radical (unpaired) electrons. The van der Waals surface area contributed by atoms with E-state index in [9.17, 15) is 21.2 Å². The van der Waals surface area contributed by atoms with Crippen molar-refractivity contribution in [1.29, 1.82) is 0 Å². The van der Waals surface area contributed by atoms with Crippen LogP contribution in [0.4, 0.5) is 4.39 Å². The lowest BCUT2D eigenvalue weighted by Gasteiger charge is -2.31. The van der Waals surface area contributed by atoms with Gasteiger partial charge in [0.25, 0.3) is 0 Å². The molecule has 1 saturated heterocycles. The third kappa shape index (κ3) is 4.19. The average Bonchev–Trinajstić information content (AvgIpc) is 3.46. The predicted octanol–water partition coefficient (Wildman–Crippen LogP) is 1.32. The van der Waals surface area contributed by atoms with Crippen molar-refractivity contribution < 1.29 is 26.0 Å². The third-order valence-corrected chi connectivity index (χ3v) is 8.69. The Balaban J connectivity index is 1.55. The molecule has 0 amide bonds. The first-order valence-corrected chi connectivity index (χ1v) is 11.5. The minimum atomic E-state index is -3.83. The molecule has 2 aliphatic rings. The van der Waals surface area contributed by atoms with Gasteiger partial charge in [0.15, 0.2) is 11.6 Å². The fourth-order valence-corrected chi connectivity index (χ4v) is 6.07. The van der Waals surface area contributed by atoms with Crippen molar-refractivity contribution in [3.8, 4) is 5.75 Å². The van der Waals surface area contributed by atoms with E-state index in [0.29, 0.717) is 25.9 Å². The molecular weight excluding hydrogens is 383 g/mol. The van der Waals surface area contributed by atoms with Gasteiger partial charge in [0, 0.05) is 19.6 Å². The standard InChI is InChI=1S/C16H23FN2O5S2/c1-24-16-5-4-14(10-15(16)17)25(20,21)18-11-12-6-8-19(9-7-12)26(22,23)13-2-3-13/h4-5,10,12-13,18H,2-3,6-9,11H2,1H3. The lowest BCUT2D eigenvalue weighted by atomic mass is 9.99. The van der Waals surface area contributed by atoms with Gasteiger partial charge in [-0.1, -0.05) is 0 Å². The van der Waals surface area contributed by atoms with Gasteiger partial charge in [-0.25, -0.2) is 30.3 Å². The van der Waals surface area contributed by atoms with E-state index in [1.54, 1.807) is 0 Å². The molecule has 1 aliphatic carbocycles. The molecule has 1 aromatic carbocycles. The van der Waals surface area contributed by atoms with Gasteiger partial charge in [-0.15, -0.1) is 0 Å². The Bertz CT molecular complexity index is 861. The number of hydrogen-bond donors (Lipinski definition) is 1. The van der Waals surface area contributed by atoms with Crippen LogP contribution in [0, 0.1) is 11.7 Å². The Morgan fingerprint density at radius 3 is 2.35 bits per heavy atom. The van der Waals surface area contributed by atoms with Crippen LogP contribution in [0.25, 0.3) is 0 Å². The molecule has 3 rings (SSSR count). The Morgan fingerprint density at radius 2 is 1.81 bits per heavy atom. The summed E-state index contributed by atoms with van der Waals surface area (Å²) in [6, 6.07) is 3.48. The van der Waals surface area contributed by atoms with Gasteiger partial charge in [0.1, 0.15) is 0 Å². The number of ether oxygens (including phenoxy) is 1. The summed E-state index contributed by atoms with van der Waals surface area (Å²) in [6.45, 7) is 1.04. The van der Waals surface area contributed by atoms with E-state index in [-0.39, 0.29) is 28.4 Å². The van der Waals surface area contributed by atoms with Crippen LogP contribution in [0.5, 0.6) is 5.75 Å². The van der Waals surface area contributed by atoms with Crippen molar-refractivity contribution in [3.63, 3.8) is 0 Å². The highest BCUT2D eigenvalue weighted by Crippen LogP contribution is 2.33. The first-order chi connectivity index (χ1) is 12.2. The zero-order valence-corrected chi connectivity index (χ0v) is 16.2. The summed E-state index contributed by atoms with van der Waals surface area (Å²) < 4.78 is 71.6. The maximum absolute atomic E-state index is 13.7. The van der Waals surface area contributed by atoms with Gasteiger partial charge in [0.2, 0.25) is 20.0 Å². The average molecular weight is 407 g/mol. The number of nitrogens with zero attached hydrogens (tertiary/aromatic N) is 1. The summed E-state index contributed by atoms with van der Waals surface area (Å²) in [5.41, 5.74) is 0. The minimum absolute atomic E-state index is 0.0202. The first kappa shape index (κ1) is 19.5. The number of halogens is 1. The van der Waals surface area contributed by atoms with Crippen molar-refractivity contribution in [2.24, 2.45) is 5.92 Å². The molecule has 0 atom stereocenters. The van der Waals surface area contributed by atoms with Gasteiger partial charge in [-0.3, -0.25) is 0 Å². The number of rotatable bonds is 7. The smallest absolute Gasteiger partial charge is 0.240 e. The molecule has 0 unspecified atom stereocenters. The van der Waals surface area contributed by atoms with Crippen LogP contribution in [0.2, 0.25) is 0 Å². The molecule has 1 aliphatic heterocycles. The summed E-state index contributed by atoms with van der Waals surface area (Å²) >= 11 is 0. The Hall–Kier alpha value is -1.23. The normalized spacial score (nSPS) is 20.2. The highest BCUT2D eigenvalue weighted by molar-refractivity contribution is 7.90. The van der Waals surface area contributed by atoms with Gasteiger partial charge in [-0.2, -0.15) is 0 Å². The molecule has 0 bridgehead atoms. The fraction of sp³-hybridized carbons (Fsp3) is 0.625. The van der Waals surface area contributed by atoms with Gasteiger partial charge in [0.05, 0.1) is 17.3 Å². The quantitative estimate of drug-likeness (QED) is 0.737. The van der Waals surface area contributed by atoms with Crippen LogP contribution >= 0.6 is 0 Å². The molecule has 0 aromatic heterocycles. The Kier molecular flexibility index (Phi) is 5.57. The van der Waals surface area contributed by atoms with E-state index in [2.05, 4.69) is 4.72 Å². The summed E-state index contributed by atoms with van der Waals surface area (Å²) in [5, 5.41) is -0.220. The van der Waals surface area contributed by atoms with Gasteiger partial charge < -0.3 is 4.74 Å². The zero-order chi connectivity index (χ0) is 18.9. The van der Waals surface area contributed by atoms with Gasteiger partial charge >= 0.3 is 0 Å². The number of nitrogens with one attached hydrogen (secondary N) is 1. The van der Waals surface area contributed by atoms with Crippen LogP contribution < -0.4 is 9.46 Å². The number of methoxy groups -OCH3 is 1. The molecule has 1 N–H and O–H groups in total. The summed E-state index contributed by atoms with van der Waals surface area (Å²) in [6.07, 6.45) is 2.68. The largest absolute Gasteiger partial charge is 0.494 e. The molecular formula is C16H23FN2O5S2. The number of piperidine rings is 1. The maximum Gasteiger partial charge on any atom is 0.240 e. The lowest BCUT2D eigenvalue weighted by molar-refractivity contribution is 0.274.